The minimum atomic E-state index is -0.499. The first-order valence-corrected chi connectivity index (χ1v) is 6.26. The Hall–Kier alpha value is -1.87. The second kappa shape index (κ2) is 4.42. The third-order valence-corrected chi connectivity index (χ3v) is 3.41. The number of para-hydroxylation sites is 1. The Balaban J connectivity index is 2.08. The molecule has 3 heteroatoms. The van der Waals surface area contributed by atoms with E-state index in [2.05, 4.69) is 28.1 Å². The smallest absolute Gasteiger partial charge is 0.138 e. The second-order valence-electron chi connectivity index (χ2n) is 4.62. The molecule has 1 N–H and O–H groups in total. The van der Waals surface area contributed by atoms with E-state index in [4.69, 9.17) is 0 Å². The fourth-order valence-electron chi connectivity index (χ4n) is 2.52. The van der Waals surface area contributed by atoms with Crippen LogP contribution in [0.5, 0.6) is 0 Å². The quantitative estimate of drug-likeness (QED) is 0.877. The molecule has 0 fully saturated rings. The van der Waals surface area contributed by atoms with Crippen LogP contribution in [-0.4, -0.2) is 16.6 Å². The van der Waals surface area contributed by atoms with Gasteiger partial charge in [0.15, 0.2) is 0 Å². The molecule has 2 aromatic rings. The summed E-state index contributed by atoms with van der Waals surface area (Å²) in [4.78, 5) is 6.64. The molecule has 1 atom stereocenters. The molecule has 0 saturated heterocycles. The number of aliphatic hydroxyl groups is 1. The molecule has 0 radical (unpaired) electrons. The predicted octanol–water partition coefficient (Wildman–Crippen LogP) is 2.83. The van der Waals surface area contributed by atoms with E-state index in [1.165, 1.54) is 11.3 Å². The van der Waals surface area contributed by atoms with Crippen LogP contribution in [0.2, 0.25) is 0 Å². The number of nitrogens with zero attached hydrogens (tertiary/aromatic N) is 2. The van der Waals surface area contributed by atoms with Crippen LogP contribution in [0, 0.1) is 0 Å². The van der Waals surface area contributed by atoms with Crippen molar-refractivity contribution in [2.24, 2.45) is 0 Å². The molecule has 0 bridgehead atoms. The maximum absolute atomic E-state index is 9.85. The summed E-state index contributed by atoms with van der Waals surface area (Å²) in [5.41, 5.74) is 3.44. The van der Waals surface area contributed by atoms with Crippen LogP contribution in [-0.2, 0) is 6.42 Å². The highest BCUT2D eigenvalue weighted by Crippen LogP contribution is 2.36. The molecule has 1 aliphatic heterocycles. The lowest BCUT2D eigenvalue weighted by atomic mass is 10.1. The number of hydrogen-bond acceptors (Lipinski definition) is 3. The Bertz CT molecular complexity index is 566. The highest BCUT2D eigenvalue weighted by molar-refractivity contribution is 5.69. The Labute approximate surface area is 107 Å². The first-order valence-electron chi connectivity index (χ1n) is 6.26. The summed E-state index contributed by atoms with van der Waals surface area (Å²) < 4.78 is 0. The number of anilines is 2. The number of rotatable bonds is 2. The molecule has 18 heavy (non-hydrogen) atoms. The fraction of sp³-hybridized carbons (Fsp3) is 0.267. The van der Waals surface area contributed by atoms with Gasteiger partial charge in [-0.05, 0) is 31.0 Å². The molecule has 1 aromatic heterocycles. The van der Waals surface area contributed by atoms with Gasteiger partial charge in [0.2, 0.25) is 0 Å². The van der Waals surface area contributed by atoms with Gasteiger partial charge in [-0.2, -0.15) is 0 Å². The molecule has 0 saturated carbocycles. The summed E-state index contributed by atoms with van der Waals surface area (Å²) in [6.45, 7) is 2.71. The van der Waals surface area contributed by atoms with E-state index < -0.39 is 6.10 Å². The number of benzene rings is 1. The highest BCUT2D eigenvalue weighted by Gasteiger charge is 2.23. The minimum absolute atomic E-state index is 0.499. The zero-order valence-electron chi connectivity index (χ0n) is 10.4. The average Bonchev–Trinajstić information content (AvgIpc) is 2.82. The number of pyridine rings is 1. The van der Waals surface area contributed by atoms with Crippen molar-refractivity contribution in [3.63, 3.8) is 0 Å². The molecule has 0 aliphatic carbocycles. The summed E-state index contributed by atoms with van der Waals surface area (Å²) in [7, 11) is 0. The number of fused-ring (bicyclic) bond motifs is 1. The van der Waals surface area contributed by atoms with Crippen molar-refractivity contribution in [1.29, 1.82) is 0 Å². The van der Waals surface area contributed by atoms with Crippen LogP contribution in [0.4, 0.5) is 11.5 Å². The molecule has 1 aliphatic rings. The second-order valence-corrected chi connectivity index (χ2v) is 4.62. The Kier molecular flexibility index (Phi) is 2.76. The van der Waals surface area contributed by atoms with Gasteiger partial charge in [-0.25, -0.2) is 4.98 Å². The summed E-state index contributed by atoms with van der Waals surface area (Å²) in [6, 6.07) is 12.2. The molecule has 3 nitrogen and oxygen atoms in total. The van der Waals surface area contributed by atoms with Crippen LogP contribution >= 0.6 is 0 Å². The number of hydrogen-bond donors (Lipinski definition) is 1. The van der Waals surface area contributed by atoms with Crippen molar-refractivity contribution >= 4 is 11.5 Å². The summed E-state index contributed by atoms with van der Waals surface area (Å²) >= 11 is 0. The van der Waals surface area contributed by atoms with Crippen molar-refractivity contribution in [3.05, 3.63) is 53.7 Å². The zero-order chi connectivity index (χ0) is 12.5. The maximum Gasteiger partial charge on any atom is 0.138 e. The topological polar surface area (TPSA) is 36.4 Å². The van der Waals surface area contributed by atoms with E-state index in [9.17, 15) is 5.11 Å². The van der Waals surface area contributed by atoms with Crippen molar-refractivity contribution in [3.8, 4) is 0 Å². The van der Waals surface area contributed by atoms with Crippen LogP contribution in [0.1, 0.15) is 24.2 Å². The zero-order valence-corrected chi connectivity index (χ0v) is 10.4. The van der Waals surface area contributed by atoms with E-state index >= 15 is 0 Å². The third-order valence-electron chi connectivity index (χ3n) is 3.41. The van der Waals surface area contributed by atoms with Gasteiger partial charge in [-0.1, -0.05) is 24.3 Å². The van der Waals surface area contributed by atoms with Crippen molar-refractivity contribution in [2.75, 3.05) is 11.4 Å². The summed E-state index contributed by atoms with van der Waals surface area (Å²) in [5.74, 6) is 0.873. The lowest BCUT2D eigenvalue weighted by Crippen LogP contribution is -2.17. The van der Waals surface area contributed by atoms with Crippen molar-refractivity contribution in [2.45, 2.75) is 19.4 Å². The molecule has 2 heterocycles. The first kappa shape index (κ1) is 11.2. The van der Waals surface area contributed by atoms with Gasteiger partial charge < -0.3 is 10.0 Å². The standard InChI is InChI=1S/C15H16N2O/c1-11(18)13-6-4-9-16-15(13)17-10-8-12-5-2-3-7-14(12)17/h2-7,9,11,18H,8,10H2,1H3. The maximum atomic E-state index is 9.85. The van der Waals surface area contributed by atoms with Gasteiger partial charge in [-0.3, -0.25) is 0 Å². The molecule has 92 valence electrons. The lowest BCUT2D eigenvalue weighted by molar-refractivity contribution is 0.199. The molecular weight excluding hydrogens is 224 g/mol. The molecule has 0 spiro atoms. The summed E-state index contributed by atoms with van der Waals surface area (Å²) in [5, 5.41) is 9.85. The van der Waals surface area contributed by atoms with Gasteiger partial charge >= 0.3 is 0 Å². The van der Waals surface area contributed by atoms with E-state index in [1.54, 1.807) is 13.1 Å². The Morgan fingerprint density at radius 1 is 1.22 bits per heavy atom. The highest BCUT2D eigenvalue weighted by atomic mass is 16.3. The van der Waals surface area contributed by atoms with Crippen molar-refractivity contribution < 1.29 is 5.11 Å². The Morgan fingerprint density at radius 2 is 2.06 bits per heavy atom. The van der Waals surface area contributed by atoms with Gasteiger partial charge in [0.25, 0.3) is 0 Å². The van der Waals surface area contributed by atoms with Gasteiger partial charge in [0.1, 0.15) is 5.82 Å². The Morgan fingerprint density at radius 3 is 2.89 bits per heavy atom. The van der Waals surface area contributed by atoms with E-state index in [1.807, 2.05) is 18.2 Å². The number of aliphatic hydroxyl groups excluding tert-OH is 1. The molecule has 0 amide bonds. The molecule has 1 aromatic carbocycles. The SMILES string of the molecule is CC(O)c1cccnc1N1CCc2ccccc21. The molecule has 3 rings (SSSR count). The minimum Gasteiger partial charge on any atom is -0.389 e. The van der Waals surface area contributed by atoms with Crippen LogP contribution in [0.3, 0.4) is 0 Å². The third kappa shape index (κ3) is 1.77. The largest absolute Gasteiger partial charge is 0.389 e. The van der Waals surface area contributed by atoms with E-state index in [-0.39, 0.29) is 0 Å². The van der Waals surface area contributed by atoms with Gasteiger partial charge in [0.05, 0.1) is 6.10 Å². The van der Waals surface area contributed by atoms with Gasteiger partial charge in [-0.15, -0.1) is 0 Å². The van der Waals surface area contributed by atoms with E-state index in [0.717, 1.165) is 24.3 Å². The normalized spacial score (nSPS) is 15.6. The van der Waals surface area contributed by atoms with Crippen molar-refractivity contribution in [1.82, 2.24) is 4.98 Å². The molecule has 1 unspecified atom stereocenters. The van der Waals surface area contributed by atoms with Crippen LogP contribution in [0.15, 0.2) is 42.6 Å². The monoisotopic (exact) mass is 240 g/mol. The van der Waals surface area contributed by atoms with Crippen LogP contribution < -0.4 is 4.90 Å². The average molecular weight is 240 g/mol. The predicted molar refractivity (Wildman–Crippen MR) is 72.0 cm³/mol. The molecular formula is C15H16N2O. The van der Waals surface area contributed by atoms with Gasteiger partial charge in [0, 0.05) is 24.0 Å². The van der Waals surface area contributed by atoms with Crippen LogP contribution in [0.25, 0.3) is 0 Å². The summed E-state index contributed by atoms with van der Waals surface area (Å²) in [6.07, 6.45) is 2.31. The van der Waals surface area contributed by atoms with E-state index in [0.29, 0.717) is 0 Å². The first-order chi connectivity index (χ1) is 8.77. The number of aromatic nitrogens is 1. The fourth-order valence-corrected chi connectivity index (χ4v) is 2.52. The lowest BCUT2D eigenvalue weighted by Gasteiger charge is -2.22.